The summed E-state index contributed by atoms with van der Waals surface area (Å²) in [5, 5.41) is 4.07. The fourth-order valence-electron chi connectivity index (χ4n) is 2.00. The minimum atomic E-state index is -3.08. The molecule has 0 saturated heterocycles. The minimum Gasteiger partial charge on any atom is -0.459 e. The van der Waals surface area contributed by atoms with Gasteiger partial charge in [-0.3, -0.25) is 4.21 Å². The SMILES string of the molecule is CNC(CS(=O)CCS(C)(=O)=O)c1cc2ccccc2o1. The normalized spacial score (nSPS) is 15.1. The molecule has 1 aromatic carbocycles. The fourth-order valence-corrected chi connectivity index (χ4v) is 4.82. The molecule has 1 aromatic heterocycles. The van der Waals surface area contributed by atoms with Crippen molar-refractivity contribution in [1.82, 2.24) is 5.32 Å². The van der Waals surface area contributed by atoms with Crippen LogP contribution in [0, 0.1) is 0 Å². The number of hydrogen-bond donors (Lipinski definition) is 1. The molecule has 0 saturated carbocycles. The number of sulfone groups is 1. The van der Waals surface area contributed by atoms with E-state index in [2.05, 4.69) is 5.32 Å². The first kappa shape index (κ1) is 16.2. The minimum absolute atomic E-state index is 0.0593. The van der Waals surface area contributed by atoms with E-state index in [1.165, 1.54) is 0 Å². The molecule has 0 aliphatic rings. The van der Waals surface area contributed by atoms with Crippen molar-refractivity contribution in [2.24, 2.45) is 0 Å². The van der Waals surface area contributed by atoms with Crippen molar-refractivity contribution >= 4 is 31.6 Å². The van der Waals surface area contributed by atoms with Gasteiger partial charge in [0, 0.05) is 33.9 Å². The third-order valence-electron chi connectivity index (χ3n) is 3.17. The molecule has 116 valence electrons. The van der Waals surface area contributed by atoms with Crippen LogP contribution in [0.15, 0.2) is 34.7 Å². The van der Waals surface area contributed by atoms with Gasteiger partial charge in [0.25, 0.3) is 0 Å². The predicted molar refractivity (Wildman–Crippen MR) is 85.6 cm³/mol. The van der Waals surface area contributed by atoms with Gasteiger partial charge in [0.2, 0.25) is 0 Å². The van der Waals surface area contributed by atoms with Crippen LogP contribution >= 0.6 is 0 Å². The predicted octanol–water partition coefficient (Wildman–Crippen LogP) is 1.49. The number of nitrogens with one attached hydrogen (secondary N) is 1. The third-order valence-corrected chi connectivity index (χ3v) is 5.74. The van der Waals surface area contributed by atoms with Crippen LogP contribution < -0.4 is 5.32 Å². The molecule has 0 amide bonds. The highest BCUT2D eigenvalue weighted by molar-refractivity contribution is 7.92. The van der Waals surface area contributed by atoms with Crippen LogP contribution in [0.5, 0.6) is 0 Å². The standard InChI is InChI=1S/C14H19NO4S2/c1-15-12(10-20(16)7-8-21(2,17)18)14-9-11-5-3-4-6-13(11)19-14/h3-6,9,12,15H,7-8,10H2,1-2H3. The second-order valence-electron chi connectivity index (χ2n) is 4.97. The Kier molecular flexibility index (Phi) is 5.18. The van der Waals surface area contributed by atoms with Crippen LogP contribution in [-0.4, -0.2) is 43.2 Å². The average molecular weight is 329 g/mol. The van der Waals surface area contributed by atoms with Gasteiger partial charge in [-0.2, -0.15) is 0 Å². The second kappa shape index (κ2) is 6.72. The van der Waals surface area contributed by atoms with E-state index in [9.17, 15) is 12.6 Å². The Morgan fingerprint density at radius 3 is 2.67 bits per heavy atom. The van der Waals surface area contributed by atoms with E-state index < -0.39 is 20.6 Å². The van der Waals surface area contributed by atoms with Crippen molar-refractivity contribution in [2.75, 3.05) is 30.6 Å². The number of para-hydroxylation sites is 1. The Morgan fingerprint density at radius 1 is 1.33 bits per heavy atom. The maximum Gasteiger partial charge on any atom is 0.148 e. The monoisotopic (exact) mass is 329 g/mol. The lowest BCUT2D eigenvalue weighted by molar-refractivity contribution is 0.476. The smallest absolute Gasteiger partial charge is 0.148 e. The Hall–Kier alpha value is -1.18. The Morgan fingerprint density at radius 2 is 2.05 bits per heavy atom. The first-order valence-corrected chi connectivity index (χ1v) is 10.1. The Bertz CT molecular complexity index is 703. The summed E-state index contributed by atoms with van der Waals surface area (Å²) in [6.07, 6.45) is 1.15. The van der Waals surface area contributed by atoms with E-state index in [0.29, 0.717) is 11.5 Å². The third kappa shape index (κ3) is 4.66. The number of hydrogen-bond acceptors (Lipinski definition) is 5. The largest absolute Gasteiger partial charge is 0.459 e. The summed E-state index contributed by atoms with van der Waals surface area (Å²) in [5.41, 5.74) is 0.787. The summed E-state index contributed by atoms with van der Waals surface area (Å²) in [5.74, 6) is 1.13. The molecule has 2 atom stereocenters. The van der Waals surface area contributed by atoms with Crippen LogP contribution in [0.2, 0.25) is 0 Å². The van der Waals surface area contributed by atoms with E-state index in [1.807, 2.05) is 30.3 Å². The molecule has 0 fully saturated rings. The average Bonchev–Trinajstić information content (AvgIpc) is 2.85. The lowest BCUT2D eigenvalue weighted by Crippen LogP contribution is -2.24. The topological polar surface area (TPSA) is 76.4 Å². The molecule has 2 rings (SSSR count). The Balaban J connectivity index is 2.07. The van der Waals surface area contributed by atoms with Gasteiger partial charge in [0.05, 0.1) is 11.8 Å². The van der Waals surface area contributed by atoms with Crippen molar-refractivity contribution in [2.45, 2.75) is 6.04 Å². The van der Waals surface area contributed by atoms with Gasteiger partial charge in [0.15, 0.2) is 0 Å². The maximum absolute atomic E-state index is 12.0. The number of furan rings is 1. The molecule has 0 aliphatic heterocycles. The van der Waals surface area contributed by atoms with Gasteiger partial charge < -0.3 is 9.73 Å². The fraction of sp³-hybridized carbons (Fsp3) is 0.429. The van der Waals surface area contributed by atoms with Crippen LogP contribution in [0.3, 0.4) is 0 Å². The summed E-state index contributed by atoms with van der Waals surface area (Å²) in [7, 11) is -2.53. The van der Waals surface area contributed by atoms with Gasteiger partial charge in [0.1, 0.15) is 21.2 Å². The van der Waals surface area contributed by atoms with Gasteiger partial charge in [-0.1, -0.05) is 18.2 Å². The molecule has 7 heteroatoms. The zero-order chi connectivity index (χ0) is 15.5. The highest BCUT2D eigenvalue weighted by Crippen LogP contribution is 2.24. The van der Waals surface area contributed by atoms with Crippen molar-refractivity contribution in [3.05, 3.63) is 36.1 Å². The van der Waals surface area contributed by atoms with E-state index in [0.717, 1.165) is 17.2 Å². The lowest BCUT2D eigenvalue weighted by Gasteiger charge is -2.12. The Labute approximate surface area is 127 Å². The molecule has 0 radical (unpaired) electrons. The van der Waals surface area contributed by atoms with E-state index >= 15 is 0 Å². The van der Waals surface area contributed by atoms with Crippen molar-refractivity contribution in [3.8, 4) is 0 Å². The first-order valence-electron chi connectivity index (χ1n) is 6.57. The zero-order valence-electron chi connectivity index (χ0n) is 12.0. The highest BCUT2D eigenvalue weighted by Gasteiger charge is 2.18. The quantitative estimate of drug-likeness (QED) is 0.833. The lowest BCUT2D eigenvalue weighted by atomic mass is 10.2. The van der Waals surface area contributed by atoms with E-state index in [-0.39, 0.29) is 17.5 Å². The molecular weight excluding hydrogens is 310 g/mol. The molecule has 21 heavy (non-hydrogen) atoms. The molecule has 2 unspecified atom stereocenters. The van der Waals surface area contributed by atoms with Crippen LogP contribution in [-0.2, 0) is 20.6 Å². The summed E-state index contributed by atoms with van der Waals surface area (Å²) >= 11 is 0. The molecular formula is C14H19NO4S2. The van der Waals surface area contributed by atoms with Gasteiger partial charge >= 0.3 is 0 Å². The molecule has 1 N–H and O–H groups in total. The van der Waals surface area contributed by atoms with Crippen LogP contribution in [0.4, 0.5) is 0 Å². The highest BCUT2D eigenvalue weighted by atomic mass is 32.2. The molecule has 5 nitrogen and oxygen atoms in total. The van der Waals surface area contributed by atoms with Gasteiger partial charge in [-0.05, 0) is 19.2 Å². The van der Waals surface area contributed by atoms with E-state index in [1.54, 1.807) is 7.05 Å². The maximum atomic E-state index is 12.0. The van der Waals surface area contributed by atoms with Crippen molar-refractivity contribution in [1.29, 1.82) is 0 Å². The van der Waals surface area contributed by atoms with Crippen LogP contribution in [0.25, 0.3) is 11.0 Å². The number of fused-ring (bicyclic) bond motifs is 1. The summed E-state index contributed by atoms with van der Waals surface area (Å²) in [4.78, 5) is 0. The molecule has 2 aromatic rings. The number of rotatable bonds is 7. The molecule has 0 spiro atoms. The molecule has 1 heterocycles. The summed E-state index contributed by atoms with van der Waals surface area (Å²) < 4.78 is 40.0. The van der Waals surface area contributed by atoms with Crippen LogP contribution in [0.1, 0.15) is 11.8 Å². The first-order chi connectivity index (χ1) is 9.89. The van der Waals surface area contributed by atoms with Gasteiger partial charge in [-0.15, -0.1) is 0 Å². The summed E-state index contributed by atoms with van der Waals surface area (Å²) in [6.45, 7) is 0. The van der Waals surface area contributed by atoms with Crippen molar-refractivity contribution < 1.29 is 17.0 Å². The molecule has 0 bridgehead atoms. The van der Waals surface area contributed by atoms with E-state index in [4.69, 9.17) is 4.42 Å². The second-order valence-corrected chi connectivity index (χ2v) is 8.85. The summed E-state index contributed by atoms with van der Waals surface area (Å²) in [6, 6.07) is 9.39. The zero-order valence-corrected chi connectivity index (χ0v) is 13.7. The molecule has 0 aliphatic carbocycles. The van der Waals surface area contributed by atoms with Crippen molar-refractivity contribution in [3.63, 3.8) is 0 Å². The number of benzene rings is 1. The van der Waals surface area contributed by atoms with Gasteiger partial charge in [-0.25, -0.2) is 8.42 Å².